The van der Waals surface area contributed by atoms with Crippen molar-refractivity contribution in [3.05, 3.63) is 24.0 Å². The van der Waals surface area contributed by atoms with Crippen LogP contribution in [0.5, 0.6) is 5.75 Å². The maximum absolute atomic E-state index is 5.44. The lowest BCUT2D eigenvalue weighted by Gasteiger charge is -2.21. The second-order valence-electron chi connectivity index (χ2n) is 3.99. The van der Waals surface area contributed by atoms with Gasteiger partial charge in [-0.05, 0) is 39.7 Å². The van der Waals surface area contributed by atoms with E-state index < -0.39 is 0 Å². The summed E-state index contributed by atoms with van der Waals surface area (Å²) in [6, 6.07) is 2.32. The van der Waals surface area contributed by atoms with Gasteiger partial charge in [0.15, 0.2) is 0 Å². The normalized spacial score (nSPS) is 12.8. The number of pyridine rings is 1. The standard InChI is InChI=1S/C12H21N3O/c1-5-16-11-6-10(7-14-8-11)12(13-2)9-15(3)4/h6-8,12-13H,5,9H2,1-4H3. The quantitative estimate of drug-likeness (QED) is 0.789. The van der Waals surface area contributed by atoms with Crippen molar-refractivity contribution in [3.8, 4) is 5.75 Å². The van der Waals surface area contributed by atoms with Crippen molar-refractivity contribution in [2.45, 2.75) is 13.0 Å². The van der Waals surface area contributed by atoms with Gasteiger partial charge in [0.05, 0.1) is 12.8 Å². The van der Waals surface area contributed by atoms with Crippen LogP contribution in [0, 0.1) is 0 Å². The highest BCUT2D eigenvalue weighted by atomic mass is 16.5. The van der Waals surface area contributed by atoms with Crippen LogP contribution in [0.25, 0.3) is 0 Å². The molecule has 1 aromatic rings. The van der Waals surface area contributed by atoms with E-state index in [-0.39, 0.29) is 6.04 Å². The fraction of sp³-hybridized carbons (Fsp3) is 0.583. The van der Waals surface area contributed by atoms with Gasteiger partial charge in [0.1, 0.15) is 5.75 Å². The highest BCUT2D eigenvalue weighted by Gasteiger charge is 2.11. The molecule has 1 unspecified atom stereocenters. The molecular weight excluding hydrogens is 202 g/mol. The minimum Gasteiger partial charge on any atom is -0.492 e. The molecule has 0 bridgehead atoms. The van der Waals surface area contributed by atoms with Crippen LogP contribution in [0.3, 0.4) is 0 Å². The van der Waals surface area contributed by atoms with E-state index in [9.17, 15) is 0 Å². The number of hydrogen-bond donors (Lipinski definition) is 1. The van der Waals surface area contributed by atoms with E-state index >= 15 is 0 Å². The molecule has 1 N–H and O–H groups in total. The summed E-state index contributed by atoms with van der Waals surface area (Å²) in [4.78, 5) is 6.34. The second kappa shape index (κ2) is 6.45. The van der Waals surface area contributed by atoms with E-state index in [1.807, 2.05) is 26.2 Å². The maximum atomic E-state index is 5.44. The summed E-state index contributed by atoms with van der Waals surface area (Å²) in [6.07, 6.45) is 3.63. The highest BCUT2D eigenvalue weighted by Crippen LogP contribution is 2.18. The van der Waals surface area contributed by atoms with Crippen molar-refractivity contribution < 1.29 is 4.74 Å². The molecule has 4 nitrogen and oxygen atoms in total. The van der Waals surface area contributed by atoms with Crippen molar-refractivity contribution in [1.29, 1.82) is 0 Å². The Morgan fingerprint density at radius 1 is 1.44 bits per heavy atom. The van der Waals surface area contributed by atoms with E-state index in [0.29, 0.717) is 6.61 Å². The Morgan fingerprint density at radius 3 is 2.75 bits per heavy atom. The number of hydrogen-bond acceptors (Lipinski definition) is 4. The first-order valence-corrected chi connectivity index (χ1v) is 5.57. The smallest absolute Gasteiger partial charge is 0.137 e. The first-order valence-electron chi connectivity index (χ1n) is 5.57. The van der Waals surface area contributed by atoms with Gasteiger partial charge in [-0.25, -0.2) is 0 Å². The summed E-state index contributed by atoms with van der Waals surface area (Å²) in [5.41, 5.74) is 1.15. The van der Waals surface area contributed by atoms with Crippen LogP contribution in [-0.4, -0.2) is 44.2 Å². The third-order valence-corrected chi connectivity index (χ3v) is 2.34. The molecule has 1 aromatic heterocycles. The summed E-state index contributed by atoms with van der Waals surface area (Å²) >= 11 is 0. The minimum atomic E-state index is 0.280. The Morgan fingerprint density at radius 2 is 2.19 bits per heavy atom. The van der Waals surface area contributed by atoms with Crippen LogP contribution >= 0.6 is 0 Å². The molecule has 1 atom stereocenters. The van der Waals surface area contributed by atoms with E-state index in [4.69, 9.17) is 4.74 Å². The average Bonchev–Trinajstić information content (AvgIpc) is 2.26. The van der Waals surface area contributed by atoms with Gasteiger partial charge in [-0.1, -0.05) is 0 Å². The Hall–Kier alpha value is -1.13. The van der Waals surface area contributed by atoms with Gasteiger partial charge in [-0.3, -0.25) is 4.98 Å². The lowest BCUT2D eigenvalue weighted by Crippen LogP contribution is -2.28. The Balaban J connectivity index is 2.79. The zero-order valence-corrected chi connectivity index (χ0v) is 10.5. The first-order chi connectivity index (χ1) is 7.67. The molecule has 0 aliphatic heterocycles. The molecule has 1 rings (SSSR count). The predicted octanol–water partition coefficient (Wildman–Crippen LogP) is 1.30. The molecule has 0 saturated carbocycles. The highest BCUT2D eigenvalue weighted by molar-refractivity contribution is 5.26. The maximum Gasteiger partial charge on any atom is 0.137 e. The van der Waals surface area contributed by atoms with E-state index in [2.05, 4.69) is 29.3 Å². The molecule has 0 fully saturated rings. The number of ether oxygens (including phenoxy) is 1. The van der Waals surface area contributed by atoms with Gasteiger partial charge in [0.25, 0.3) is 0 Å². The summed E-state index contributed by atoms with van der Waals surface area (Å²) in [5.74, 6) is 0.832. The van der Waals surface area contributed by atoms with Gasteiger partial charge in [0.2, 0.25) is 0 Å². The topological polar surface area (TPSA) is 37.4 Å². The zero-order chi connectivity index (χ0) is 12.0. The minimum absolute atomic E-state index is 0.280. The molecule has 0 aromatic carbocycles. The fourth-order valence-corrected chi connectivity index (χ4v) is 1.60. The SMILES string of the molecule is CCOc1cncc(C(CN(C)C)NC)c1. The van der Waals surface area contributed by atoms with Crippen LogP contribution in [0.2, 0.25) is 0 Å². The lowest BCUT2D eigenvalue weighted by molar-refractivity contribution is 0.333. The van der Waals surface area contributed by atoms with E-state index in [1.165, 1.54) is 0 Å². The molecule has 0 amide bonds. The molecule has 16 heavy (non-hydrogen) atoms. The summed E-state index contributed by atoms with van der Waals surface area (Å²) in [6.45, 7) is 3.58. The van der Waals surface area contributed by atoms with Crippen LogP contribution in [0.15, 0.2) is 18.5 Å². The third kappa shape index (κ3) is 3.79. The molecule has 4 heteroatoms. The van der Waals surface area contributed by atoms with Crippen LogP contribution in [0.4, 0.5) is 0 Å². The fourth-order valence-electron chi connectivity index (χ4n) is 1.60. The van der Waals surface area contributed by atoms with Gasteiger partial charge in [-0.2, -0.15) is 0 Å². The zero-order valence-electron chi connectivity index (χ0n) is 10.5. The molecule has 1 heterocycles. The lowest BCUT2D eigenvalue weighted by atomic mass is 10.1. The van der Waals surface area contributed by atoms with E-state index in [0.717, 1.165) is 17.9 Å². The molecule has 0 radical (unpaired) electrons. The monoisotopic (exact) mass is 223 g/mol. The summed E-state index contributed by atoms with van der Waals surface area (Å²) in [5, 5.41) is 3.28. The largest absolute Gasteiger partial charge is 0.492 e. The van der Waals surface area contributed by atoms with Crippen molar-refractivity contribution in [3.63, 3.8) is 0 Å². The number of nitrogens with zero attached hydrogens (tertiary/aromatic N) is 2. The van der Waals surface area contributed by atoms with Crippen molar-refractivity contribution >= 4 is 0 Å². The Kier molecular flexibility index (Phi) is 5.22. The number of nitrogens with one attached hydrogen (secondary N) is 1. The van der Waals surface area contributed by atoms with Gasteiger partial charge < -0.3 is 15.0 Å². The van der Waals surface area contributed by atoms with Crippen LogP contribution in [0.1, 0.15) is 18.5 Å². The molecule has 0 aliphatic rings. The van der Waals surface area contributed by atoms with Crippen molar-refractivity contribution in [2.75, 3.05) is 34.3 Å². The second-order valence-corrected chi connectivity index (χ2v) is 3.99. The van der Waals surface area contributed by atoms with E-state index in [1.54, 1.807) is 6.20 Å². The summed E-state index contributed by atoms with van der Waals surface area (Å²) in [7, 11) is 6.08. The number of likely N-dealkylation sites (N-methyl/N-ethyl adjacent to an activating group) is 2. The molecule has 0 spiro atoms. The predicted molar refractivity (Wildman–Crippen MR) is 65.8 cm³/mol. The summed E-state index contributed by atoms with van der Waals surface area (Å²) < 4.78 is 5.44. The molecule has 0 saturated heterocycles. The number of aromatic nitrogens is 1. The third-order valence-electron chi connectivity index (χ3n) is 2.34. The van der Waals surface area contributed by atoms with Crippen LogP contribution in [-0.2, 0) is 0 Å². The van der Waals surface area contributed by atoms with Crippen molar-refractivity contribution in [1.82, 2.24) is 15.2 Å². The molecular formula is C12H21N3O. The van der Waals surface area contributed by atoms with Crippen molar-refractivity contribution in [2.24, 2.45) is 0 Å². The van der Waals surface area contributed by atoms with Gasteiger partial charge >= 0.3 is 0 Å². The van der Waals surface area contributed by atoms with Gasteiger partial charge in [-0.15, -0.1) is 0 Å². The molecule has 90 valence electrons. The Bertz CT molecular complexity index is 315. The van der Waals surface area contributed by atoms with Crippen LogP contribution < -0.4 is 10.1 Å². The molecule has 0 aliphatic carbocycles. The van der Waals surface area contributed by atoms with Gasteiger partial charge in [0, 0.05) is 18.8 Å². The first kappa shape index (κ1) is 12.9. The number of rotatable bonds is 6. The average molecular weight is 223 g/mol. The Labute approximate surface area is 97.6 Å².